The third-order valence-corrected chi connectivity index (χ3v) is 4.32. The lowest BCUT2D eigenvalue weighted by atomic mass is 10.1. The Hall–Kier alpha value is -2.27. The fourth-order valence-corrected chi connectivity index (χ4v) is 3.07. The summed E-state index contributed by atoms with van der Waals surface area (Å²) < 4.78 is 5.38. The molecule has 0 fully saturated rings. The molecule has 5 heteroatoms. The minimum Gasteiger partial charge on any atom is -0.494 e. The molecule has 0 saturated carbocycles. The first-order valence-corrected chi connectivity index (χ1v) is 8.49. The zero-order valence-electron chi connectivity index (χ0n) is 13.1. The molecule has 0 saturated heterocycles. The van der Waals surface area contributed by atoms with E-state index >= 15 is 0 Å². The number of imidazole rings is 1. The lowest BCUT2D eigenvalue weighted by Gasteiger charge is -2.04. The molecule has 0 atom stereocenters. The van der Waals surface area contributed by atoms with Crippen molar-refractivity contribution in [1.82, 2.24) is 9.97 Å². The van der Waals surface area contributed by atoms with Crippen molar-refractivity contribution < 1.29 is 9.53 Å². The molecule has 0 aliphatic carbocycles. The fourth-order valence-electron chi connectivity index (χ4n) is 2.29. The van der Waals surface area contributed by atoms with Gasteiger partial charge in [-0.2, -0.15) is 0 Å². The van der Waals surface area contributed by atoms with Crippen LogP contribution in [0.5, 0.6) is 5.75 Å². The molecule has 0 bridgehead atoms. The maximum atomic E-state index is 12.3. The summed E-state index contributed by atoms with van der Waals surface area (Å²) in [5.41, 5.74) is 3.80. The molecule has 0 radical (unpaired) electrons. The Balaban J connectivity index is 1.65. The number of thioether (sulfide) groups is 1. The van der Waals surface area contributed by atoms with Crippen molar-refractivity contribution in [1.29, 1.82) is 0 Å². The van der Waals surface area contributed by atoms with Gasteiger partial charge in [-0.05, 0) is 55.8 Å². The van der Waals surface area contributed by atoms with Crippen LogP contribution in [-0.2, 0) is 0 Å². The Morgan fingerprint density at radius 2 is 2.00 bits per heavy atom. The lowest BCUT2D eigenvalue weighted by Crippen LogP contribution is -2.02. The monoisotopic (exact) mass is 326 g/mol. The van der Waals surface area contributed by atoms with E-state index in [9.17, 15) is 4.79 Å². The van der Waals surface area contributed by atoms with Gasteiger partial charge in [-0.25, -0.2) is 4.98 Å². The van der Waals surface area contributed by atoms with Crippen molar-refractivity contribution in [3.05, 3.63) is 53.6 Å². The van der Waals surface area contributed by atoms with Crippen molar-refractivity contribution in [3.8, 4) is 5.75 Å². The molecule has 1 heterocycles. The highest BCUT2D eigenvalue weighted by Crippen LogP contribution is 2.21. The van der Waals surface area contributed by atoms with E-state index in [1.165, 1.54) is 17.3 Å². The van der Waals surface area contributed by atoms with Crippen molar-refractivity contribution in [2.45, 2.75) is 19.0 Å². The molecule has 0 aliphatic rings. The summed E-state index contributed by atoms with van der Waals surface area (Å²) in [6, 6.07) is 13.3. The molecular formula is C18H18N2O2S. The maximum absolute atomic E-state index is 12.3. The average Bonchev–Trinajstić information content (AvgIpc) is 2.95. The van der Waals surface area contributed by atoms with Gasteiger partial charge in [0.2, 0.25) is 0 Å². The number of hydrogen-bond donors (Lipinski definition) is 1. The molecule has 2 aromatic carbocycles. The summed E-state index contributed by atoms with van der Waals surface area (Å²) >= 11 is 1.42. The molecule has 0 unspecified atom stereocenters. The number of nitrogens with zero attached hydrogens (tertiary/aromatic N) is 1. The van der Waals surface area contributed by atoms with Crippen molar-refractivity contribution in [3.63, 3.8) is 0 Å². The molecule has 23 heavy (non-hydrogen) atoms. The van der Waals surface area contributed by atoms with Crippen molar-refractivity contribution in [2.75, 3.05) is 12.4 Å². The van der Waals surface area contributed by atoms with Crippen LogP contribution >= 0.6 is 11.8 Å². The normalized spacial score (nSPS) is 10.9. The van der Waals surface area contributed by atoms with E-state index in [2.05, 4.69) is 16.0 Å². The number of hydrogen-bond acceptors (Lipinski definition) is 4. The quantitative estimate of drug-likeness (QED) is 0.543. The van der Waals surface area contributed by atoms with E-state index in [4.69, 9.17) is 4.74 Å². The average molecular weight is 326 g/mol. The lowest BCUT2D eigenvalue weighted by molar-refractivity contribution is 0.102. The number of nitrogens with one attached hydrogen (secondary N) is 1. The number of ketones is 1. The summed E-state index contributed by atoms with van der Waals surface area (Å²) in [5.74, 6) is 1.21. The summed E-state index contributed by atoms with van der Waals surface area (Å²) in [6.07, 6.45) is 0. The van der Waals surface area contributed by atoms with Gasteiger partial charge in [0, 0.05) is 5.56 Å². The van der Waals surface area contributed by atoms with E-state index in [-0.39, 0.29) is 5.78 Å². The van der Waals surface area contributed by atoms with Crippen LogP contribution in [0.4, 0.5) is 0 Å². The Morgan fingerprint density at radius 1 is 1.22 bits per heavy atom. The van der Waals surface area contributed by atoms with Crippen molar-refractivity contribution >= 4 is 28.6 Å². The van der Waals surface area contributed by atoms with Crippen molar-refractivity contribution in [2.24, 2.45) is 0 Å². The molecule has 3 rings (SSSR count). The standard InChI is InChI=1S/C18H18N2O2S/c1-3-22-14-7-5-13(6-8-14)17(21)11-23-18-19-15-9-4-12(2)10-16(15)20-18/h4-10H,3,11H2,1-2H3,(H,19,20). The highest BCUT2D eigenvalue weighted by atomic mass is 32.2. The molecule has 1 aromatic heterocycles. The molecule has 1 N–H and O–H groups in total. The topological polar surface area (TPSA) is 55.0 Å². The molecule has 0 spiro atoms. The van der Waals surface area contributed by atoms with Gasteiger partial charge in [-0.1, -0.05) is 17.8 Å². The van der Waals surface area contributed by atoms with E-state index in [1.54, 1.807) is 12.1 Å². The minimum absolute atomic E-state index is 0.0784. The maximum Gasteiger partial charge on any atom is 0.173 e. The Kier molecular flexibility index (Phi) is 4.67. The molecule has 0 amide bonds. The molecule has 4 nitrogen and oxygen atoms in total. The summed E-state index contributed by atoms with van der Waals surface area (Å²) in [7, 11) is 0. The number of carbonyl (C=O) groups is 1. The zero-order chi connectivity index (χ0) is 16.2. The van der Waals surface area contributed by atoms with Crippen LogP contribution in [0.1, 0.15) is 22.8 Å². The summed E-state index contributed by atoms with van der Waals surface area (Å²) in [4.78, 5) is 20.0. The first-order chi connectivity index (χ1) is 11.2. The second-order valence-corrected chi connectivity index (χ2v) is 6.20. The number of ether oxygens (including phenoxy) is 1. The van der Waals surface area contributed by atoms with Crippen LogP contribution in [0.15, 0.2) is 47.6 Å². The highest BCUT2D eigenvalue weighted by Gasteiger charge is 2.09. The first-order valence-electron chi connectivity index (χ1n) is 7.51. The number of benzene rings is 2. The molecule has 118 valence electrons. The second-order valence-electron chi connectivity index (χ2n) is 5.23. The highest BCUT2D eigenvalue weighted by molar-refractivity contribution is 7.99. The van der Waals surface area contributed by atoms with E-state index in [0.29, 0.717) is 17.9 Å². The number of fused-ring (bicyclic) bond motifs is 1. The van der Waals surface area contributed by atoms with Gasteiger partial charge in [-0.3, -0.25) is 4.79 Å². The molecule has 0 aliphatic heterocycles. The van der Waals surface area contributed by atoms with Crippen LogP contribution in [-0.4, -0.2) is 28.1 Å². The second kappa shape index (κ2) is 6.87. The third kappa shape index (κ3) is 3.74. The van der Waals surface area contributed by atoms with Gasteiger partial charge in [-0.15, -0.1) is 0 Å². The third-order valence-electron chi connectivity index (χ3n) is 3.44. The van der Waals surface area contributed by atoms with Gasteiger partial charge < -0.3 is 9.72 Å². The van der Waals surface area contributed by atoms with Crippen LogP contribution in [0.2, 0.25) is 0 Å². The number of carbonyl (C=O) groups excluding carboxylic acids is 1. The SMILES string of the molecule is CCOc1ccc(C(=O)CSc2nc3ccc(C)cc3[nH]2)cc1. The number of H-pyrrole nitrogens is 1. The van der Waals surface area contributed by atoms with Crippen LogP contribution in [0.3, 0.4) is 0 Å². The molecular weight excluding hydrogens is 308 g/mol. The Morgan fingerprint density at radius 3 is 2.74 bits per heavy atom. The number of aryl methyl sites for hydroxylation is 1. The largest absolute Gasteiger partial charge is 0.494 e. The van der Waals surface area contributed by atoms with Gasteiger partial charge >= 0.3 is 0 Å². The van der Waals surface area contributed by atoms with E-state index in [0.717, 1.165) is 21.9 Å². The number of aromatic nitrogens is 2. The Bertz CT molecular complexity index is 825. The molecule has 3 aromatic rings. The summed E-state index contributed by atoms with van der Waals surface area (Å²) in [5, 5.41) is 0.768. The summed E-state index contributed by atoms with van der Waals surface area (Å²) in [6.45, 7) is 4.60. The van der Waals surface area contributed by atoms with Gasteiger partial charge in [0.05, 0.1) is 23.4 Å². The number of rotatable bonds is 6. The number of Topliss-reactive ketones (excluding diaryl/α,β-unsaturated/α-hetero) is 1. The van der Waals surface area contributed by atoms with E-state index in [1.807, 2.05) is 38.1 Å². The van der Waals surface area contributed by atoms with Crippen LogP contribution in [0, 0.1) is 6.92 Å². The van der Waals surface area contributed by atoms with E-state index < -0.39 is 0 Å². The zero-order valence-corrected chi connectivity index (χ0v) is 13.9. The van der Waals surface area contributed by atoms with Gasteiger partial charge in [0.15, 0.2) is 10.9 Å². The fraction of sp³-hybridized carbons (Fsp3) is 0.222. The predicted octanol–water partition coefficient (Wildman–Crippen LogP) is 4.25. The van der Waals surface area contributed by atoms with Crippen LogP contribution in [0.25, 0.3) is 11.0 Å². The minimum atomic E-state index is 0.0784. The van der Waals surface area contributed by atoms with Crippen LogP contribution < -0.4 is 4.74 Å². The van der Waals surface area contributed by atoms with Gasteiger partial charge in [0.1, 0.15) is 5.75 Å². The predicted molar refractivity (Wildman–Crippen MR) is 93.5 cm³/mol. The first kappa shape index (κ1) is 15.6. The Labute approximate surface area is 139 Å². The smallest absolute Gasteiger partial charge is 0.173 e. The number of aromatic amines is 1. The van der Waals surface area contributed by atoms with Gasteiger partial charge in [0.25, 0.3) is 0 Å².